The number of halogens is 1. The van der Waals surface area contributed by atoms with Crippen molar-refractivity contribution in [1.29, 1.82) is 0 Å². The molecule has 88 valence electrons. The van der Waals surface area contributed by atoms with E-state index in [1.807, 2.05) is 6.07 Å². The molecule has 0 spiro atoms. The first-order valence-electron chi connectivity index (χ1n) is 4.93. The zero-order valence-electron chi connectivity index (χ0n) is 8.57. The quantitative estimate of drug-likeness (QED) is 0.841. The lowest BCUT2D eigenvalue weighted by atomic mass is 10.1. The zero-order valence-corrected chi connectivity index (χ0v) is 10.1. The van der Waals surface area contributed by atoms with Gasteiger partial charge in [0, 0.05) is 5.56 Å². The molecule has 0 aromatic heterocycles. The van der Waals surface area contributed by atoms with Gasteiger partial charge in [0.1, 0.15) is 12.4 Å². The summed E-state index contributed by atoms with van der Waals surface area (Å²) in [5.41, 5.74) is 1.51. The van der Waals surface area contributed by atoms with E-state index in [-0.39, 0.29) is 5.75 Å². The molecule has 1 aromatic rings. The van der Waals surface area contributed by atoms with Crippen LogP contribution < -0.4 is 9.46 Å². The summed E-state index contributed by atoms with van der Waals surface area (Å²) < 4.78 is 30.7. The number of hydrogen-bond donors (Lipinski definition) is 1. The van der Waals surface area contributed by atoms with Crippen molar-refractivity contribution in [2.75, 3.05) is 23.0 Å². The molecule has 0 amide bonds. The zero-order chi connectivity index (χ0) is 11.6. The van der Waals surface area contributed by atoms with Gasteiger partial charge in [0.25, 0.3) is 0 Å². The van der Waals surface area contributed by atoms with Crippen LogP contribution in [0.1, 0.15) is 5.56 Å². The molecule has 0 unspecified atom stereocenters. The third-order valence-corrected chi connectivity index (χ3v) is 3.78. The third-order valence-electron chi connectivity index (χ3n) is 2.35. The minimum atomic E-state index is -3.17. The van der Waals surface area contributed by atoms with Gasteiger partial charge in [-0.25, -0.2) is 8.42 Å². The van der Waals surface area contributed by atoms with E-state index < -0.39 is 10.0 Å². The van der Waals surface area contributed by atoms with Gasteiger partial charge < -0.3 is 4.74 Å². The minimum Gasteiger partial charge on any atom is -0.492 e. The summed E-state index contributed by atoms with van der Waals surface area (Å²) in [6.07, 6.45) is 0.475. The van der Waals surface area contributed by atoms with Gasteiger partial charge in [-0.05, 0) is 18.6 Å². The van der Waals surface area contributed by atoms with E-state index in [2.05, 4.69) is 4.72 Å². The smallest absolute Gasteiger partial charge is 0.233 e. The first-order chi connectivity index (χ1) is 7.62. The van der Waals surface area contributed by atoms with Crippen LogP contribution in [0.2, 0.25) is 0 Å². The van der Waals surface area contributed by atoms with E-state index in [1.165, 1.54) is 0 Å². The molecule has 4 nitrogen and oxygen atoms in total. The van der Waals surface area contributed by atoms with Gasteiger partial charge in [0.05, 0.1) is 17.3 Å². The first kappa shape index (κ1) is 11.5. The first-order valence-corrected chi connectivity index (χ1v) is 7.12. The summed E-state index contributed by atoms with van der Waals surface area (Å²) in [7, 11) is -3.17. The molecule has 0 saturated heterocycles. The number of sulfonamides is 1. The van der Waals surface area contributed by atoms with Gasteiger partial charge in [-0.15, -0.1) is 11.6 Å². The Hall–Kier alpha value is -0.940. The maximum atomic E-state index is 11.4. The molecule has 16 heavy (non-hydrogen) atoms. The number of nitrogens with one attached hydrogen (secondary N) is 1. The van der Waals surface area contributed by atoms with Crippen LogP contribution in [0.5, 0.6) is 5.75 Å². The Morgan fingerprint density at radius 1 is 1.44 bits per heavy atom. The van der Waals surface area contributed by atoms with Gasteiger partial charge >= 0.3 is 0 Å². The molecule has 0 aliphatic carbocycles. The third kappa shape index (κ3) is 2.41. The predicted octanol–water partition coefficient (Wildman–Crippen LogP) is 1.60. The molecule has 0 atom stereocenters. The van der Waals surface area contributed by atoms with E-state index in [0.717, 1.165) is 5.56 Å². The average Bonchev–Trinajstić information content (AvgIpc) is 2.24. The highest BCUT2D eigenvalue weighted by Crippen LogP contribution is 2.31. The van der Waals surface area contributed by atoms with E-state index in [0.29, 0.717) is 30.3 Å². The number of ether oxygens (including phenoxy) is 1. The average molecular weight is 262 g/mol. The molecule has 0 saturated carbocycles. The fraction of sp³-hybridized carbons (Fsp3) is 0.400. The molecule has 6 heteroatoms. The molecule has 1 heterocycles. The van der Waals surface area contributed by atoms with Crippen molar-refractivity contribution in [3.8, 4) is 5.75 Å². The van der Waals surface area contributed by atoms with Crippen LogP contribution in [0.15, 0.2) is 18.2 Å². The second kappa shape index (κ2) is 4.51. The number of hydrogen-bond acceptors (Lipinski definition) is 3. The van der Waals surface area contributed by atoms with Crippen LogP contribution in [0.3, 0.4) is 0 Å². The molecule has 1 N–H and O–H groups in total. The maximum absolute atomic E-state index is 11.4. The van der Waals surface area contributed by atoms with Gasteiger partial charge in [0.15, 0.2) is 0 Å². The summed E-state index contributed by atoms with van der Waals surface area (Å²) in [4.78, 5) is 0. The van der Waals surface area contributed by atoms with Crippen molar-refractivity contribution in [3.63, 3.8) is 0 Å². The van der Waals surface area contributed by atoms with Crippen LogP contribution >= 0.6 is 11.6 Å². The lowest BCUT2D eigenvalue weighted by Crippen LogP contribution is -2.24. The van der Waals surface area contributed by atoms with E-state index >= 15 is 0 Å². The van der Waals surface area contributed by atoms with Crippen molar-refractivity contribution < 1.29 is 13.2 Å². The van der Waals surface area contributed by atoms with Gasteiger partial charge in [-0.2, -0.15) is 0 Å². The summed E-state index contributed by atoms with van der Waals surface area (Å²) in [5.74, 6) is 1.22. The highest BCUT2D eigenvalue weighted by molar-refractivity contribution is 7.92. The largest absolute Gasteiger partial charge is 0.492 e. The van der Waals surface area contributed by atoms with E-state index in [4.69, 9.17) is 16.3 Å². The molecule has 1 aliphatic rings. The highest BCUT2D eigenvalue weighted by Gasteiger charge is 2.22. The Labute approximate surface area is 99.6 Å². The lowest BCUT2D eigenvalue weighted by Gasteiger charge is -2.20. The summed E-state index contributed by atoms with van der Waals surface area (Å²) in [5, 5.41) is 0. The number of anilines is 1. The van der Waals surface area contributed by atoms with Crippen LogP contribution in [0.4, 0.5) is 5.69 Å². The van der Waals surface area contributed by atoms with Crippen molar-refractivity contribution in [2.24, 2.45) is 0 Å². The Bertz CT molecular complexity index is 487. The van der Waals surface area contributed by atoms with Gasteiger partial charge in [-0.1, -0.05) is 6.07 Å². The van der Waals surface area contributed by atoms with E-state index in [9.17, 15) is 8.42 Å². The van der Waals surface area contributed by atoms with Crippen LogP contribution in [0, 0.1) is 0 Å². The summed E-state index contributed by atoms with van der Waals surface area (Å²) >= 11 is 5.54. The Kier molecular flexibility index (Phi) is 3.25. The minimum absolute atomic E-state index is 0.0985. The van der Waals surface area contributed by atoms with Crippen molar-refractivity contribution >= 4 is 27.3 Å². The fourth-order valence-corrected chi connectivity index (χ4v) is 2.84. The standard InChI is InChI=1S/C10H12ClNO3S/c11-5-6-15-10-3-1-2-9-8(10)4-7-16(13,14)12-9/h1-3,12H,4-7H2. The Morgan fingerprint density at radius 2 is 2.25 bits per heavy atom. The van der Waals surface area contributed by atoms with Crippen molar-refractivity contribution in [1.82, 2.24) is 0 Å². The van der Waals surface area contributed by atoms with Crippen molar-refractivity contribution in [2.45, 2.75) is 6.42 Å². The van der Waals surface area contributed by atoms with Crippen LogP contribution in [-0.2, 0) is 16.4 Å². The van der Waals surface area contributed by atoms with Crippen LogP contribution in [0.25, 0.3) is 0 Å². The van der Waals surface area contributed by atoms with Crippen molar-refractivity contribution in [3.05, 3.63) is 23.8 Å². The summed E-state index contributed by atoms with van der Waals surface area (Å²) in [6.45, 7) is 0.421. The SMILES string of the molecule is O=S1(=O)CCc2c(cccc2OCCCl)N1. The lowest BCUT2D eigenvalue weighted by molar-refractivity contribution is 0.339. The molecule has 0 radical (unpaired) electrons. The van der Waals surface area contributed by atoms with Gasteiger partial charge in [-0.3, -0.25) is 4.72 Å². The summed E-state index contributed by atoms with van der Waals surface area (Å²) in [6, 6.07) is 5.32. The molecule has 1 aliphatic heterocycles. The maximum Gasteiger partial charge on any atom is 0.233 e. The molecule has 0 bridgehead atoms. The van der Waals surface area contributed by atoms with Crippen LogP contribution in [-0.4, -0.2) is 26.7 Å². The monoisotopic (exact) mass is 261 g/mol. The second-order valence-electron chi connectivity index (χ2n) is 3.49. The van der Waals surface area contributed by atoms with E-state index in [1.54, 1.807) is 12.1 Å². The topological polar surface area (TPSA) is 55.4 Å². The molecular formula is C10H12ClNO3S. The highest BCUT2D eigenvalue weighted by atomic mass is 35.5. The molecule has 2 rings (SSSR count). The Morgan fingerprint density at radius 3 is 3.00 bits per heavy atom. The molecular weight excluding hydrogens is 250 g/mol. The Balaban J connectivity index is 2.31. The normalized spacial score (nSPS) is 17.3. The van der Waals surface area contributed by atoms with Gasteiger partial charge in [0.2, 0.25) is 10.0 Å². The molecule has 1 aromatic carbocycles. The number of fused-ring (bicyclic) bond motifs is 1. The fourth-order valence-electron chi connectivity index (χ4n) is 1.66. The molecule has 0 fully saturated rings. The number of alkyl halides is 1. The number of benzene rings is 1. The number of rotatable bonds is 3. The predicted molar refractivity (Wildman–Crippen MR) is 63.8 cm³/mol. The second-order valence-corrected chi connectivity index (χ2v) is 5.71.